The predicted molar refractivity (Wildman–Crippen MR) is 75.5 cm³/mol. The number of para-hydroxylation sites is 1. The van der Waals surface area contributed by atoms with E-state index in [1.165, 1.54) is 0 Å². The van der Waals surface area contributed by atoms with Crippen LogP contribution in [0.25, 0.3) is 0 Å². The van der Waals surface area contributed by atoms with Crippen molar-refractivity contribution in [2.24, 2.45) is 5.84 Å². The molecular formula is C15H16N2O3. The topological polar surface area (TPSA) is 73.6 Å². The molecule has 0 heterocycles. The predicted octanol–water partition coefficient (Wildman–Crippen LogP) is 1.75. The third-order valence-electron chi connectivity index (χ3n) is 2.59. The van der Waals surface area contributed by atoms with Crippen LogP contribution in [0, 0.1) is 0 Å². The first-order chi connectivity index (χ1) is 9.79. The Kier molecular flexibility index (Phi) is 4.97. The third-order valence-corrected chi connectivity index (χ3v) is 2.59. The first kappa shape index (κ1) is 13.9. The van der Waals surface area contributed by atoms with E-state index >= 15 is 0 Å². The molecule has 0 fully saturated rings. The Morgan fingerprint density at radius 3 is 2.30 bits per heavy atom. The molecule has 0 aliphatic heterocycles. The van der Waals surface area contributed by atoms with Gasteiger partial charge in [-0.1, -0.05) is 24.3 Å². The minimum absolute atomic E-state index is 0.351. The van der Waals surface area contributed by atoms with Crippen LogP contribution in [0.5, 0.6) is 11.5 Å². The normalized spacial score (nSPS) is 9.85. The van der Waals surface area contributed by atoms with Gasteiger partial charge in [-0.25, -0.2) is 5.84 Å². The first-order valence-corrected chi connectivity index (χ1v) is 6.21. The van der Waals surface area contributed by atoms with E-state index in [0.717, 1.165) is 5.75 Å². The maximum absolute atomic E-state index is 11.4. The lowest BCUT2D eigenvalue weighted by Crippen LogP contribution is -2.29. The standard InChI is InChI=1S/C15H16N2O3/c16-17-15(18)12-5-4-8-14(11-12)20-10-9-19-13-6-2-1-3-7-13/h1-8,11H,9-10,16H2,(H,17,18). The quantitative estimate of drug-likeness (QED) is 0.363. The second kappa shape index (κ2) is 7.16. The number of ether oxygens (including phenoxy) is 2. The lowest BCUT2D eigenvalue weighted by Gasteiger charge is -2.09. The summed E-state index contributed by atoms with van der Waals surface area (Å²) in [6.45, 7) is 0.819. The minimum atomic E-state index is -0.351. The van der Waals surface area contributed by atoms with E-state index < -0.39 is 0 Å². The van der Waals surface area contributed by atoms with E-state index in [9.17, 15) is 4.79 Å². The zero-order valence-corrected chi connectivity index (χ0v) is 10.9. The molecule has 104 valence electrons. The van der Waals surface area contributed by atoms with Crippen molar-refractivity contribution in [1.82, 2.24) is 5.43 Å². The van der Waals surface area contributed by atoms with E-state index in [1.807, 2.05) is 30.3 Å². The van der Waals surface area contributed by atoms with E-state index in [0.29, 0.717) is 24.5 Å². The van der Waals surface area contributed by atoms with E-state index in [4.69, 9.17) is 15.3 Å². The van der Waals surface area contributed by atoms with Crippen LogP contribution in [0.3, 0.4) is 0 Å². The number of rotatable bonds is 6. The first-order valence-electron chi connectivity index (χ1n) is 6.21. The summed E-state index contributed by atoms with van der Waals surface area (Å²) in [4.78, 5) is 11.4. The summed E-state index contributed by atoms with van der Waals surface area (Å²) in [5.74, 6) is 6.13. The third kappa shape index (κ3) is 4.00. The highest BCUT2D eigenvalue weighted by Gasteiger charge is 2.04. The molecule has 0 aliphatic carbocycles. The zero-order chi connectivity index (χ0) is 14.2. The largest absolute Gasteiger partial charge is 0.490 e. The SMILES string of the molecule is NNC(=O)c1cccc(OCCOc2ccccc2)c1. The lowest BCUT2D eigenvalue weighted by molar-refractivity contribution is 0.0953. The molecule has 20 heavy (non-hydrogen) atoms. The Labute approximate surface area is 117 Å². The Bertz CT molecular complexity index is 558. The number of hydrogen-bond acceptors (Lipinski definition) is 4. The lowest BCUT2D eigenvalue weighted by atomic mass is 10.2. The summed E-state index contributed by atoms with van der Waals surface area (Å²) >= 11 is 0. The molecule has 0 unspecified atom stereocenters. The highest BCUT2D eigenvalue weighted by atomic mass is 16.5. The van der Waals surface area contributed by atoms with Gasteiger partial charge < -0.3 is 9.47 Å². The smallest absolute Gasteiger partial charge is 0.265 e. The highest BCUT2D eigenvalue weighted by molar-refractivity contribution is 5.94. The molecule has 5 nitrogen and oxygen atoms in total. The number of amides is 1. The molecule has 0 radical (unpaired) electrons. The van der Waals surface area contributed by atoms with Crippen LogP contribution in [-0.2, 0) is 0 Å². The second-order valence-corrected chi connectivity index (χ2v) is 4.01. The fraction of sp³-hybridized carbons (Fsp3) is 0.133. The molecule has 2 aromatic carbocycles. The van der Waals surface area contributed by atoms with Crippen molar-refractivity contribution in [1.29, 1.82) is 0 Å². The molecule has 2 aromatic rings. The van der Waals surface area contributed by atoms with Crippen LogP contribution in [0.1, 0.15) is 10.4 Å². The van der Waals surface area contributed by atoms with Crippen molar-refractivity contribution >= 4 is 5.91 Å². The molecule has 0 spiro atoms. The van der Waals surface area contributed by atoms with Crippen LogP contribution < -0.4 is 20.7 Å². The molecule has 1 amide bonds. The number of carbonyl (C=O) groups excluding carboxylic acids is 1. The van der Waals surface area contributed by atoms with Gasteiger partial charge in [0.25, 0.3) is 5.91 Å². The number of carbonyl (C=O) groups is 1. The van der Waals surface area contributed by atoms with Crippen molar-refractivity contribution in [2.75, 3.05) is 13.2 Å². The molecular weight excluding hydrogens is 256 g/mol. The van der Waals surface area contributed by atoms with Crippen LogP contribution in [0.2, 0.25) is 0 Å². The molecule has 0 bridgehead atoms. The Morgan fingerprint density at radius 1 is 0.950 bits per heavy atom. The summed E-state index contributed by atoms with van der Waals surface area (Å²) in [5.41, 5.74) is 2.53. The van der Waals surface area contributed by atoms with Gasteiger partial charge in [0.1, 0.15) is 24.7 Å². The van der Waals surface area contributed by atoms with Gasteiger partial charge >= 0.3 is 0 Å². The second-order valence-electron chi connectivity index (χ2n) is 4.01. The summed E-state index contributed by atoms with van der Waals surface area (Å²) in [6, 6.07) is 16.3. The maximum Gasteiger partial charge on any atom is 0.265 e. The summed E-state index contributed by atoms with van der Waals surface area (Å²) < 4.78 is 11.0. The fourth-order valence-electron chi connectivity index (χ4n) is 1.65. The molecule has 0 aliphatic rings. The van der Waals surface area contributed by atoms with Gasteiger partial charge in [-0.15, -0.1) is 0 Å². The molecule has 3 N–H and O–H groups in total. The van der Waals surface area contributed by atoms with E-state index in [-0.39, 0.29) is 5.91 Å². The Hall–Kier alpha value is -2.53. The number of nitrogens with one attached hydrogen (secondary N) is 1. The van der Waals surface area contributed by atoms with Gasteiger partial charge in [-0.05, 0) is 30.3 Å². The fourth-order valence-corrected chi connectivity index (χ4v) is 1.65. The van der Waals surface area contributed by atoms with Crippen molar-refractivity contribution in [2.45, 2.75) is 0 Å². The van der Waals surface area contributed by atoms with Crippen molar-refractivity contribution in [3.05, 3.63) is 60.2 Å². The van der Waals surface area contributed by atoms with Gasteiger partial charge in [0.15, 0.2) is 0 Å². The van der Waals surface area contributed by atoms with Gasteiger partial charge in [-0.2, -0.15) is 0 Å². The van der Waals surface area contributed by atoms with Crippen molar-refractivity contribution < 1.29 is 14.3 Å². The van der Waals surface area contributed by atoms with Gasteiger partial charge in [0.05, 0.1) is 0 Å². The molecule has 0 atom stereocenters. The van der Waals surface area contributed by atoms with Crippen LogP contribution in [0.15, 0.2) is 54.6 Å². The minimum Gasteiger partial charge on any atom is -0.490 e. The van der Waals surface area contributed by atoms with E-state index in [1.54, 1.807) is 24.3 Å². The Balaban J connectivity index is 1.81. The van der Waals surface area contributed by atoms with Gasteiger partial charge in [0, 0.05) is 5.56 Å². The molecule has 2 rings (SSSR count). The number of benzene rings is 2. The average molecular weight is 272 g/mol. The monoisotopic (exact) mass is 272 g/mol. The molecule has 0 aromatic heterocycles. The van der Waals surface area contributed by atoms with Crippen molar-refractivity contribution in [3.8, 4) is 11.5 Å². The van der Waals surface area contributed by atoms with E-state index in [2.05, 4.69) is 5.43 Å². The number of hydrogen-bond donors (Lipinski definition) is 2. The van der Waals surface area contributed by atoms with Gasteiger partial charge in [-0.3, -0.25) is 10.2 Å². The zero-order valence-electron chi connectivity index (χ0n) is 10.9. The van der Waals surface area contributed by atoms with Gasteiger partial charge in [0.2, 0.25) is 0 Å². The summed E-state index contributed by atoms with van der Waals surface area (Å²) in [5, 5.41) is 0. The van der Waals surface area contributed by atoms with Crippen LogP contribution in [0.4, 0.5) is 0 Å². The average Bonchev–Trinajstić information content (AvgIpc) is 2.52. The molecule has 0 saturated carbocycles. The van der Waals surface area contributed by atoms with Crippen molar-refractivity contribution in [3.63, 3.8) is 0 Å². The van der Waals surface area contributed by atoms with Crippen LogP contribution >= 0.6 is 0 Å². The summed E-state index contributed by atoms with van der Waals surface area (Å²) in [7, 11) is 0. The molecule has 5 heteroatoms. The van der Waals surface area contributed by atoms with Crippen LogP contribution in [-0.4, -0.2) is 19.1 Å². The Morgan fingerprint density at radius 2 is 1.60 bits per heavy atom. The maximum atomic E-state index is 11.4. The highest BCUT2D eigenvalue weighted by Crippen LogP contribution is 2.13. The number of nitrogens with two attached hydrogens (primary N) is 1. The molecule has 0 saturated heterocycles. The summed E-state index contributed by atoms with van der Waals surface area (Å²) in [6.07, 6.45) is 0. The number of nitrogen functional groups attached to an aromatic ring is 1. The number of hydrazine groups is 1.